The second-order valence-corrected chi connectivity index (χ2v) is 7.48. The van der Waals surface area contributed by atoms with E-state index in [-0.39, 0.29) is 0 Å². The lowest BCUT2D eigenvalue weighted by molar-refractivity contribution is 0.109. The van der Waals surface area contributed by atoms with E-state index in [1.807, 2.05) is 6.21 Å². The summed E-state index contributed by atoms with van der Waals surface area (Å²) >= 11 is 0. The summed E-state index contributed by atoms with van der Waals surface area (Å²) in [6.07, 6.45) is 5.78. The molecule has 1 aliphatic rings. The minimum atomic E-state index is 0.517. The molecule has 1 aromatic carbocycles. The summed E-state index contributed by atoms with van der Waals surface area (Å²) in [7, 11) is 0. The predicted molar refractivity (Wildman–Crippen MR) is 104 cm³/mol. The van der Waals surface area contributed by atoms with E-state index in [4.69, 9.17) is 10.2 Å². The molecule has 25 heavy (non-hydrogen) atoms. The third kappa shape index (κ3) is 3.94. The molecule has 1 aromatic heterocycles. The molecule has 0 radical (unpaired) electrons. The fraction of sp³-hybridized carbons (Fsp3) is 0.524. The van der Waals surface area contributed by atoms with Crippen molar-refractivity contribution in [3.63, 3.8) is 0 Å². The number of rotatable bonds is 4. The van der Waals surface area contributed by atoms with Crippen LogP contribution in [0.4, 0.5) is 0 Å². The Kier molecular flexibility index (Phi) is 5.26. The zero-order chi connectivity index (χ0) is 18.0. The number of hydrazone groups is 1. The summed E-state index contributed by atoms with van der Waals surface area (Å²) in [5, 5.41) is 11.8. The Bertz CT molecular complexity index is 732. The van der Waals surface area contributed by atoms with Crippen LogP contribution in [0.15, 0.2) is 29.4 Å². The largest absolute Gasteiger partial charge is 0.292 e. The van der Waals surface area contributed by atoms with Crippen molar-refractivity contribution in [2.75, 3.05) is 0 Å². The highest BCUT2D eigenvalue weighted by molar-refractivity contribution is 5.82. The second kappa shape index (κ2) is 7.42. The molecule has 0 bridgehead atoms. The molecule has 1 fully saturated rings. The lowest BCUT2D eigenvalue weighted by Gasteiger charge is -2.36. The van der Waals surface area contributed by atoms with Crippen molar-refractivity contribution in [1.29, 1.82) is 0 Å². The van der Waals surface area contributed by atoms with Crippen molar-refractivity contribution in [3.05, 3.63) is 52.3 Å². The van der Waals surface area contributed by atoms with Crippen molar-refractivity contribution in [3.8, 4) is 0 Å². The maximum atomic E-state index is 4.82. The Morgan fingerprint density at radius 2 is 1.72 bits per heavy atom. The first-order valence-corrected chi connectivity index (χ1v) is 9.37. The molecule has 1 aliphatic heterocycles. The third-order valence-electron chi connectivity index (χ3n) is 5.36. The van der Waals surface area contributed by atoms with Crippen molar-refractivity contribution < 1.29 is 0 Å². The second-order valence-electron chi connectivity index (χ2n) is 7.48. The first-order valence-electron chi connectivity index (χ1n) is 9.37. The maximum Gasteiger partial charge on any atom is 0.0685 e. The number of piperidine rings is 1. The highest BCUT2D eigenvalue weighted by Gasteiger charge is 2.23. The van der Waals surface area contributed by atoms with Gasteiger partial charge in [-0.25, -0.2) is 0 Å². The zero-order valence-electron chi connectivity index (χ0n) is 16.2. The van der Waals surface area contributed by atoms with Crippen molar-refractivity contribution in [2.45, 2.75) is 72.5 Å². The first-order chi connectivity index (χ1) is 12.0. The van der Waals surface area contributed by atoms with Gasteiger partial charge in [0.2, 0.25) is 0 Å². The minimum Gasteiger partial charge on any atom is -0.292 e. The molecule has 134 valence electrons. The minimum absolute atomic E-state index is 0.517. The Balaban J connectivity index is 1.79. The Morgan fingerprint density at radius 1 is 1.08 bits per heavy atom. The molecule has 1 saturated heterocycles. The molecule has 4 nitrogen and oxygen atoms in total. The summed E-state index contributed by atoms with van der Waals surface area (Å²) in [5.41, 5.74) is 5.94. The lowest BCUT2D eigenvalue weighted by atomic mass is 10.00. The average molecular weight is 338 g/mol. The van der Waals surface area contributed by atoms with E-state index in [1.165, 1.54) is 36.1 Å². The van der Waals surface area contributed by atoms with Crippen molar-refractivity contribution >= 4 is 6.21 Å². The number of aryl methyl sites for hydroxylation is 2. The molecule has 0 saturated carbocycles. The smallest absolute Gasteiger partial charge is 0.0685 e. The Morgan fingerprint density at radius 3 is 2.36 bits per heavy atom. The standard InChI is InChI=1S/C21H30N4/c1-15-9-11-20(12-10-15)14-24-19(5)21(18(4)23-24)13-22-25-16(2)7-6-8-17(25)3/h9-13,16-17H,6-8,14H2,1-5H3/b22-13-/t16-,17-/m0/s1. The molecule has 2 aromatic rings. The van der Waals surface area contributed by atoms with Crippen molar-refractivity contribution in [1.82, 2.24) is 14.8 Å². The van der Waals surface area contributed by atoms with Crippen LogP contribution in [0.3, 0.4) is 0 Å². The number of aromatic nitrogens is 2. The van der Waals surface area contributed by atoms with Crippen LogP contribution in [0.2, 0.25) is 0 Å². The summed E-state index contributed by atoms with van der Waals surface area (Å²) in [5.74, 6) is 0. The summed E-state index contributed by atoms with van der Waals surface area (Å²) in [6.45, 7) is 11.7. The molecule has 2 heterocycles. The molecule has 0 N–H and O–H groups in total. The van der Waals surface area contributed by atoms with Gasteiger partial charge in [-0.05, 0) is 59.4 Å². The van der Waals surface area contributed by atoms with E-state index in [1.54, 1.807) is 0 Å². The molecule has 0 aliphatic carbocycles. The van der Waals surface area contributed by atoms with Gasteiger partial charge in [0.25, 0.3) is 0 Å². The SMILES string of the molecule is Cc1ccc(Cn2nc(C)c(/C=N\N3[C@@H](C)CCC[C@@H]3C)c2C)cc1. The van der Waals surface area contributed by atoms with Gasteiger partial charge in [0, 0.05) is 23.3 Å². The molecule has 4 heteroatoms. The predicted octanol–water partition coefficient (Wildman–Crippen LogP) is 4.45. The zero-order valence-corrected chi connectivity index (χ0v) is 16.2. The maximum absolute atomic E-state index is 4.82. The molecule has 0 amide bonds. The molecule has 0 unspecified atom stereocenters. The Labute approximate surface area is 151 Å². The van der Waals surface area contributed by atoms with E-state index in [0.717, 1.165) is 17.8 Å². The van der Waals surface area contributed by atoms with Crippen LogP contribution in [0.25, 0.3) is 0 Å². The van der Waals surface area contributed by atoms with E-state index in [9.17, 15) is 0 Å². The molecule has 0 spiro atoms. The van der Waals surface area contributed by atoms with Gasteiger partial charge in [-0.3, -0.25) is 9.69 Å². The van der Waals surface area contributed by atoms with Gasteiger partial charge in [-0.2, -0.15) is 10.2 Å². The highest BCUT2D eigenvalue weighted by atomic mass is 15.5. The van der Waals surface area contributed by atoms with E-state index in [0.29, 0.717) is 12.1 Å². The number of hydrogen-bond donors (Lipinski definition) is 0. The van der Waals surface area contributed by atoms with E-state index in [2.05, 4.69) is 68.6 Å². The van der Waals surface area contributed by atoms with Gasteiger partial charge in [0.05, 0.1) is 18.5 Å². The van der Waals surface area contributed by atoms with Crippen LogP contribution in [0.5, 0.6) is 0 Å². The third-order valence-corrected chi connectivity index (χ3v) is 5.36. The topological polar surface area (TPSA) is 33.4 Å². The van der Waals surface area contributed by atoms with Crippen LogP contribution >= 0.6 is 0 Å². The van der Waals surface area contributed by atoms with Crippen LogP contribution in [0, 0.1) is 20.8 Å². The average Bonchev–Trinajstić information content (AvgIpc) is 2.83. The van der Waals surface area contributed by atoms with Gasteiger partial charge in [0.1, 0.15) is 0 Å². The van der Waals surface area contributed by atoms with Gasteiger partial charge in [0.15, 0.2) is 0 Å². The Hall–Kier alpha value is -2.10. The van der Waals surface area contributed by atoms with Crippen LogP contribution in [-0.4, -0.2) is 33.1 Å². The fourth-order valence-corrected chi connectivity index (χ4v) is 3.68. The van der Waals surface area contributed by atoms with Crippen molar-refractivity contribution in [2.24, 2.45) is 5.10 Å². The quantitative estimate of drug-likeness (QED) is 0.772. The normalized spacial score (nSPS) is 21.2. The summed E-state index contributed by atoms with van der Waals surface area (Å²) in [4.78, 5) is 0. The first kappa shape index (κ1) is 17.7. The summed E-state index contributed by atoms with van der Waals surface area (Å²) < 4.78 is 2.09. The van der Waals surface area contributed by atoms with Crippen LogP contribution in [0.1, 0.15) is 61.2 Å². The molecule has 2 atom stereocenters. The molecule has 3 rings (SSSR count). The summed E-state index contributed by atoms with van der Waals surface area (Å²) in [6, 6.07) is 9.70. The van der Waals surface area contributed by atoms with Gasteiger partial charge >= 0.3 is 0 Å². The number of nitrogens with zero attached hydrogens (tertiary/aromatic N) is 4. The number of benzene rings is 1. The molecular weight excluding hydrogens is 308 g/mol. The van der Waals surface area contributed by atoms with Gasteiger partial charge in [-0.15, -0.1) is 0 Å². The van der Waals surface area contributed by atoms with E-state index >= 15 is 0 Å². The van der Waals surface area contributed by atoms with Gasteiger partial charge < -0.3 is 0 Å². The monoisotopic (exact) mass is 338 g/mol. The van der Waals surface area contributed by atoms with E-state index < -0.39 is 0 Å². The molecular formula is C21H30N4. The highest BCUT2D eigenvalue weighted by Crippen LogP contribution is 2.23. The van der Waals surface area contributed by atoms with Crippen LogP contribution in [-0.2, 0) is 6.54 Å². The number of hydrogen-bond acceptors (Lipinski definition) is 3. The van der Waals surface area contributed by atoms with Gasteiger partial charge in [-0.1, -0.05) is 29.8 Å². The lowest BCUT2D eigenvalue weighted by Crippen LogP contribution is -2.39. The fourth-order valence-electron chi connectivity index (χ4n) is 3.68. The van der Waals surface area contributed by atoms with Crippen LogP contribution < -0.4 is 0 Å².